The second-order valence-electron chi connectivity index (χ2n) is 7.13. The number of furan rings is 1. The van der Waals surface area contributed by atoms with Crippen LogP contribution in [0.5, 0.6) is 0 Å². The molecule has 1 unspecified atom stereocenters. The Kier molecular flexibility index (Phi) is 5.46. The Hall–Kier alpha value is -2.97. The van der Waals surface area contributed by atoms with Gasteiger partial charge in [0.2, 0.25) is 0 Å². The molecular formula is C21H23N5O2S. The highest BCUT2D eigenvalue weighted by atomic mass is 32.1. The van der Waals surface area contributed by atoms with Crippen molar-refractivity contribution in [1.29, 1.82) is 0 Å². The summed E-state index contributed by atoms with van der Waals surface area (Å²) in [7, 11) is 3.92. The summed E-state index contributed by atoms with van der Waals surface area (Å²) in [5.41, 5.74) is 2.09. The summed E-state index contributed by atoms with van der Waals surface area (Å²) in [6.45, 7) is 2.97. The number of carbonyl (C=O) groups is 1. The first kappa shape index (κ1) is 19.4. The number of likely N-dealkylation sites (N-methyl/N-ethyl adjacent to an activating group) is 1. The van der Waals surface area contributed by atoms with Gasteiger partial charge in [-0.05, 0) is 50.7 Å². The molecule has 7 nitrogen and oxygen atoms in total. The minimum atomic E-state index is -0.144. The molecule has 4 aromatic heterocycles. The fourth-order valence-corrected chi connectivity index (χ4v) is 4.02. The lowest BCUT2D eigenvalue weighted by molar-refractivity contribution is 0.0940. The second-order valence-corrected chi connectivity index (χ2v) is 8.17. The van der Waals surface area contributed by atoms with Gasteiger partial charge in [-0.1, -0.05) is 6.07 Å². The Labute approximate surface area is 173 Å². The summed E-state index contributed by atoms with van der Waals surface area (Å²) in [5.74, 6) is 0.671. The van der Waals surface area contributed by atoms with Crippen molar-refractivity contribution in [3.05, 3.63) is 70.1 Å². The van der Waals surface area contributed by atoms with Crippen LogP contribution >= 0.6 is 11.3 Å². The number of amides is 1. The number of aromatic nitrogens is 3. The van der Waals surface area contributed by atoms with Crippen LogP contribution in [0.4, 0.5) is 0 Å². The molecule has 0 aliphatic heterocycles. The third-order valence-corrected chi connectivity index (χ3v) is 5.68. The number of rotatable bonds is 7. The molecule has 29 heavy (non-hydrogen) atoms. The number of carbonyl (C=O) groups excluding carboxylic acids is 1. The van der Waals surface area contributed by atoms with E-state index in [0.717, 1.165) is 22.5 Å². The fourth-order valence-electron chi connectivity index (χ4n) is 3.33. The van der Waals surface area contributed by atoms with E-state index < -0.39 is 0 Å². The molecule has 1 amide bonds. The van der Waals surface area contributed by atoms with Crippen molar-refractivity contribution >= 4 is 28.3 Å². The zero-order valence-corrected chi connectivity index (χ0v) is 17.4. The molecule has 0 bridgehead atoms. The minimum absolute atomic E-state index is 0.0473. The third-order valence-electron chi connectivity index (χ3n) is 4.82. The summed E-state index contributed by atoms with van der Waals surface area (Å²) in [6, 6.07) is 9.62. The minimum Gasteiger partial charge on any atom is -0.468 e. The van der Waals surface area contributed by atoms with E-state index in [4.69, 9.17) is 4.42 Å². The van der Waals surface area contributed by atoms with E-state index >= 15 is 0 Å². The molecule has 150 valence electrons. The summed E-state index contributed by atoms with van der Waals surface area (Å²) < 4.78 is 7.37. The molecule has 1 N–H and O–H groups in total. The molecule has 4 rings (SSSR count). The lowest BCUT2D eigenvalue weighted by Crippen LogP contribution is -2.34. The van der Waals surface area contributed by atoms with Gasteiger partial charge >= 0.3 is 0 Å². The summed E-state index contributed by atoms with van der Waals surface area (Å²) in [6.07, 6.45) is 3.37. The molecule has 4 heterocycles. The van der Waals surface area contributed by atoms with Gasteiger partial charge in [0, 0.05) is 17.1 Å². The van der Waals surface area contributed by atoms with Gasteiger partial charge in [-0.15, -0.1) is 11.3 Å². The van der Waals surface area contributed by atoms with E-state index in [-0.39, 0.29) is 11.9 Å². The van der Waals surface area contributed by atoms with Crippen molar-refractivity contribution in [1.82, 2.24) is 25.0 Å². The molecule has 0 aromatic carbocycles. The van der Waals surface area contributed by atoms with Gasteiger partial charge in [-0.3, -0.25) is 9.69 Å². The molecule has 1 atom stereocenters. The van der Waals surface area contributed by atoms with Crippen molar-refractivity contribution < 1.29 is 9.21 Å². The van der Waals surface area contributed by atoms with Gasteiger partial charge < -0.3 is 9.73 Å². The maximum atomic E-state index is 13.0. The maximum Gasteiger partial charge on any atom is 0.252 e. The van der Waals surface area contributed by atoms with Gasteiger partial charge in [-0.25, -0.2) is 9.67 Å². The molecule has 0 aliphatic rings. The number of nitrogens with zero attached hydrogens (tertiary/aromatic N) is 4. The van der Waals surface area contributed by atoms with Crippen molar-refractivity contribution in [3.8, 4) is 0 Å². The highest BCUT2D eigenvalue weighted by Gasteiger charge is 2.20. The number of hydrogen-bond donors (Lipinski definition) is 1. The quantitative estimate of drug-likeness (QED) is 0.506. The zero-order valence-electron chi connectivity index (χ0n) is 16.6. The predicted molar refractivity (Wildman–Crippen MR) is 113 cm³/mol. The van der Waals surface area contributed by atoms with E-state index in [1.165, 1.54) is 4.88 Å². The largest absolute Gasteiger partial charge is 0.468 e. The Balaban J connectivity index is 1.58. The van der Waals surface area contributed by atoms with Crippen molar-refractivity contribution in [2.45, 2.75) is 19.5 Å². The molecule has 8 heteroatoms. The molecule has 4 aromatic rings. The summed E-state index contributed by atoms with van der Waals surface area (Å²) in [4.78, 5) is 20.8. The van der Waals surface area contributed by atoms with Gasteiger partial charge in [0.1, 0.15) is 5.76 Å². The molecule has 0 saturated carbocycles. The number of nitrogens with one attached hydrogen (secondary N) is 1. The Morgan fingerprint density at radius 2 is 2.21 bits per heavy atom. The van der Waals surface area contributed by atoms with Gasteiger partial charge in [0.05, 0.1) is 36.0 Å². The van der Waals surface area contributed by atoms with Crippen molar-refractivity contribution in [3.63, 3.8) is 0 Å². The van der Waals surface area contributed by atoms with Crippen LogP contribution in [0.25, 0.3) is 11.0 Å². The van der Waals surface area contributed by atoms with Crippen LogP contribution in [0.15, 0.2) is 52.6 Å². The van der Waals surface area contributed by atoms with Gasteiger partial charge in [0.15, 0.2) is 5.65 Å². The Bertz CT molecular complexity index is 1100. The Morgan fingerprint density at radius 3 is 2.90 bits per heavy atom. The van der Waals surface area contributed by atoms with E-state index in [1.807, 2.05) is 60.2 Å². The number of thiophene rings is 1. The van der Waals surface area contributed by atoms with E-state index in [9.17, 15) is 4.79 Å². The summed E-state index contributed by atoms with van der Waals surface area (Å²) >= 11 is 1.68. The normalized spacial score (nSPS) is 12.6. The Morgan fingerprint density at radius 1 is 1.34 bits per heavy atom. The zero-order chi connectivity index (χ0) is 20.4. The lowest BCUT2D eigenvalue weighted by atomic mass is 10.1. The van der Waals surface area contributed by atoms with E-state index in [0.29, 0.717) is 18.7 Å². The number of aryl methyl sites for hydroxylation is 1. The highest BCUT2D eigenvalue weighted by molar-refractivity contribution is 7.09. The van der Waals surface area contributed by atoms with Crippen molar-refractivity contribution in [2.24, 2.45) is 0 Å². The number of fused-ring (bicyclic) bond motifs is 1. The number of hydrogen-bond acceptors (Lipinski definition) is 6. The molecule has 0 aliphatic carbocycles. The smallest absolute Gasteiger partial charge is 0.252 e. The first-order chi connectivity index (χ1) is 14.0. The fraction of sp³-hybridized carbons (Fsp3) is 0.286. The maximum absolute atomic E-state index is 13.0. The predicted octanol–water partition coefficient (Wildman–Crippen LogP) is 3.48. The molecular weight excluding hydrogens is 386 g/mol. The molecule has 0 saturated heterocycles. The van der Waals surface area contributed by atoms with Crippen LogP contribution in [0.3, 0.4) is 0 Å². The van der Waals surface area contributed by atoms with Crippen LogP contribution in [-0.4, -0.2) is 46.2 Å². The highest BCUT2D eigenvalue weighted by Crippen LogP contribution is 2.22. The van der Waals surface area contributed by atoms with Gasteiger partial charge in [0.25, 0.3) is 5.91 Å². The van der Waals surface area contributed by atoms with Crippen LogP contribution in [0.2, 0.25) is 0 Å². The lowest BCUT2D eigenvalue weighted by Gasteiger charge is -2.22. The van der Waals surface area contributed by atoms with Crippen LogP contribution in [0, 0.1) is 6.92 Å². The molecule has 0 radical (unpaired) electrons. The topological polar surface area (TPSA) is 76.2 Å². The first-order valence-corrected chi connectivity index (χ1v) is 10.2. The first-order valence-electron chi connectivity index (χ1n) is 9.36. The molecule has 0 fully saturated rings. The third kappa shape index (κ3) is 4.08. The van der Waals surface area contributed by atoms with Crippen LogP contribution in [-0.2, 0) is 6.54 Å². The van der Waals surface area contributed by atoms with E-state index in [2.05, 4.69) is 21.5 Å². The SMILES string of the molecule is Cc1cc(C(=O)NCC(c2ccco2)N(C)C)c2cnn(Cc3cccs3)c2n1. The second kappa shape index (κ2) is 8.18. The van der Waals surface area contributed by atoms with E-state index in [1.54, 1.807) is 23.8 Å². The van der Waals surface area contributed by atoms with Gasteiger partial charge in [-0.2, -0.15) is 5.10 Å². The summed E-state index contributed by atoms with van der Waals surface area (Å²) in [5, 5.41) is 10.3. The average molecular weight is 410 g/mol. The van der Waals surface area contributed by atoms with Crippen LogP contribution < -0.4 is 5.32 Å². The molecule has 0 spiro atoms. The average Bonchev–Trinajstić information content (AvgIpc) is 3.44. The monoisotopic (exact) mass is 409 g/mol. The number of pyridine rings is 1. The van der Waals surface area contributed by atoms with Crippen molar-refractivity contribution in [2.75, 3.05) is 20.6 Å². The standard InChI is InChI=1S/C21H23N5O2S/c1-14-10-16(21(27)22-12-18(25(2)3)19-7-4-8-28-19)17-11-23-26(20(17)24-14)13-15-6-5-9-29-15/h4-11,18H,12-13H2,1-3H3,(H,22,27). The van der Waals surface area contributed by atoms with Crippen LogP contribution in [0.1, 0.15) is 32.7 Å².